The third-order valence-electron chi connectivity index (χ3n) is 4.87. The van der Waals surface area contributed by atoms with Gasteiger partial charge in [-0.3, -0.25) is 9.78 Å². The Labute approximate surface area is 133 Å². The first-order chi connectivity index (χ1) is 11.3. The van der Waals surface area contributed by atoms with Gasteiger partial charge in [-0.05, 0) is 48.9 Å². The third-order valence-corrected chi connectivity index (χ3v) is 4.87. The molecule has 3 aromatic heterocycles. The van der Waals surface area contributed by atoms with Gasteiger partial charge in [0.25, 0.3) is 0 Å². The van der Waals surface area contributed by atoms with Gasteiger partial charge in [0, 0.05) is 29.6 Å². The minimum absolute atomic E-state index is 1.05. The van der Waals surface area contributed by atoms with E-state index in [1.165, 1.54) is 34.7 Å². The van der Waals surface area contributed by atoms with Gasteiger partial charge in [-0.1, -0.05) is 0 Å². The van der Waals surface area contributed by atoms with Crippen LogP contribution in [-0.2, 0) is 19.9 Å². The van der Waals surface area contributed by atoms with Gasteiger partial charge in [0.05, 0.1) is 29.1 Å². The summed E-state index contributed by atoms with van der Waals surface area (Å²) in [6, 6.07) is 4.17. The van der Waals surface area contributed by atoms with E-state index in [0.29, 0.717) is 0 Å². The van der Waals surface area contributed by atoms with Crippen molar-refractivity contribution in [1.82, 2.24) is 25.0 Å². The number of aromatic amines is 1. The summed E-state index contributed by atoms with van der Waals surface area (Å²) in [6.07, 6.45) is 10.6. The monoisotopic (exact) mass is 303 g/mol. The smallest absolute Gasteiger partial charge is 0.0775 e. The van der Waals surface area contributed by atoms with Crippen LogP contribution in [0.3, 0.4) is 0 Å². The minimum atomic E-state index is 1.05. The Balaban J connectivity index is 1.92. The second kappa shape index (κ2) is 4.65. The first-order valence-corrected chi connectivity index (χ1v) is 8.08. The quantitative estimate of drug-likeness (QED) is 0.586. The van der Waals surface area contributed by atoms with E-state index in [1.807, 2.05) is 24.1 Å². The van der Waals surface area contributed by atoms with Crippen LogP contribution in [0, 0.1) is 0 Å². The molecule has 5 rings (SSSR count). The molecule has 0 fully saturated rings. The molecule has 0 atom stereocenters. The molecule has 5 heteroatoms. The number of rotatable bonds is 1. The van der Waals surface area contributed by atoms with Crippen LogP contribution in [0.2, 0.25) is 0 Å². The maximum Gasteiger partial charge on any atom is 0.0775 e. The molecule has 0 amide bonds. The molecule has 23 heavy (non-hydrogen) atoms. The zero-order valence-electron chi connectivity index (χ0n) is 13.0. The first kappa shape index (κ1) is 12.8. The number of benzene rings is 1. The van der Waals surface area contributed by atoms with Crippen LogP contribution < -0.4 is 0 Å². The van der Waals surface area contributed by atoms with E-state index >= 15 is 0 Å². The van der Waals surface area contributed by atoms with Crippen LogP contribution in [0.15, 0.2) is 30.7 Å². The Morgan fingerprint density at radius 3 is 2.78 bits per heavy atom. The predicted octanol–water partition coefficient (Wildman–Crippen LogP) is 3.39. The summed E-state index contributed by atoms with van der Waals surface area (Å²) in [5, 5.41) is 14.1. The maximum absolute atomic E-state index is 5.01. The molecule has 1 aliphatic carbocycles. The second-order valence-electron chi connectivity index (χ2n) is 6.32. The molecule has 1 N–H and O–H groups in total. The van der Waals surface area contributed by atoms with Gasteiger partial charge in [-0.25, -0.2) is 4.98 Å². The Kier molecular flexibility index (Phi) is 2.59. The van der Waals surface area contributed by atoms with Crippen LogP contribution in [0.25, 0.3) is 33.1 Å². The van der Waals surface area contributed by atoms with Crippen molar-refractivity contribution in [3.63, 3.8) is 0 Å². The van der Waals surface area contributed by atoms with Crippen molar-refractivity contribution in [3.8, 4) is 11.3 Å². The Bertz CT molecular complexity index is 1040. The van der Waals surface area contributed by atoms with E-state index in [1.54, 1.807) is 0 Å². The van der Waals surface area contributed by atoms with Crippen LogP contribution in [0.1, 0.15) is 24.0 Å². The number of hydrogen-bond donors (Lipinski definition) is 1. The largest absolute Gasteiger partial charge is 0.278 e. The highest BCUT2D eigenvalue weighted by atomic mass is 15.2. The van der Waals surface area contributed by atoms with Crippen molar-refractivity contribution >= 4 is 21.8 Å². The van der Waals surface area contributed by atoms with E-state index in [9.17, 15) is 0 Å². The van der Waals surface area contributed by atoms with Gasteiger partial charge in [0.15, 0.2) is 0 Å². The van der Waals surface area contributed by atoms with E-state index < -0.39 is 0 Å². The van der Waals surface area contributed by atoms with Gasteiger partial charge in [0.1, 0.15) is 0 Å². The molecule has 0 spiro atoms. The predicted molar refractivity (Wildman–Crippen MR) is 90.2 cm³/mol. The summed E-state index contributed by atoms with van der Waals surface area (Å²) >= 11 is 0. The molecule has 4 aromatic rings. The molecule has 3 heterocycles. The van der Waals surface area contributed by atoms with Crippen molar-refractivity contribution in [1.29, 1.82) is 0 Å². The van der Waals surface area contributed by atoms with E-state index in [-0.39, 0.29) is 0 Å². The number of H-pyrrole nitrogens is 1. The number of pyridine rings is 1. The normalized spacial score (nSPS) is 14.5. The van der Waals surface area contributed by atoms with E-state index in [4.69, 9.17) is 4.98 Å². The van der Waals surface area contributed by atoms with Crippen molar-refractivity contribution in [2.24, 2.45) is 7.05 Å². The third kappa shape index (κ3) is 1.82. The fourth-order valence-electron chi connectivity index (χ4n) is 3.83. The van der Waals surface area contributed by atoms with Gasteiger partial charge >= 0.3 is 0 Å². The summed E-state index contributed by atoms with van der Waals surface area (Å²) in [5.41, 5.74) is 7.19. The SMILES string of the molecule is Cn1cc(-c2nc3ccc4[nH]ncc4c3c3c2CCCC3)cn1. The van der Waals surface area contributed by atoms with Crippen molar-refractivity contribution in [3.05, 3.63) is 41.9 Å². The molecule has 0 unspecified atom stereocenters. The molecule has 0 bridgehead atoms. The Hall–Kier alpha value is -2.69. The zero-order valence-corrected chi connectivity index (χ0v) is 13.0. The molecular formula is C18H17N5. The lowest BCUT2D eigenvalue weighted by atomic mass is 9.86. The average Bonchev–Trinajstić information content (AvgIpc) is 3.22. The van der Waals surface area contributed by atoms with Gasteiger partial charge < -0.3 is 0 Å². The summed E-state index contributed by atoms with van der Waals surface area (Å²) in [6.45, 7) is 0. The van der Waals surface area contributed by atoms with E-state index in [2.05, 4.69) is 33.6 Å². The van der Waals surface area contributed by atoms with Crippen LogP contribution in [0.5, 0.6) is 0 Å². The van der Waals surface area contributed by atoms with E-state index in [0.717, 1.165) is 35.1 Å². The van der Waals surface area contributed by atoms with Crippen molar-refractivity contribution < 1.29 is 0 Å². The highest BCUT2D eigenvalue weighted by Gasteiger charge is 2.21. The topological polar surface area (TPSA) is 59.4 Å². The lowest BCUT2D eigenvalue weighted by Gasteiger charge is -2.21. The highest BCUT2D eigenvalue weighted by molar-refractivity contribution is 6.07. The van der Waals surface area contributed by atoms with Crippen LogP contribution in [0.4, 0.5) is 0 Å². The molecule has 114 valence electrons. The summed E-state index contributed by atoms with van der Waals surface area (Å²) < 4.78 is 1.84. The fraction of sp³-hybridized carbons (Fsp3) is 0.278. The zero-order chi connectivity index (χ0) is 15.4. The molecule has 0 saturated carbocycles. The number of nitrogens with zero attached hydrogens (tertiary/aromatic N) is 4. The molecule has 1 aliphatic rings. The molecular weight excluding hydrogens is 286 g/mol. The maximum atomic E-state index is 5.01. The number of nitrogens with one attached hydrogen (secondary N) is 1. The summed E-state index contributed by atoms with van der Waals surface area (Å²) in [5.74, 6) is 0. The van der Waals surface area contributed by atoms with Gasteiger partial charge in [0.2, 0.25) is 0 Å². The number of hydrogen-bond acceptors (Lipinski definition) is 3. The summed E-state index contributed by atoms with van der Waals surface area (Å²) in [4.78, 5) is 5.01. The highest BCUT2D eigenvalue weighted by Crippen LogP contribution is 2.37. The molecule has 0 radical (unpaired) electrons. The second-order valence-corrected chi connectivity index (χ2v) is 6.32. The fourth-order valence-corrected chi connectivity index (χ4v) is 3.83. The molecule has 1 aromatic carbocycles. The number of aryl methyl sites for hydroxylation is 2. The molecule has 0 aliphatic heterocycles. The average molecular weight is 303 g/mol. The number of fused-ring (bicyclic) bond motifs is 5. The first-order valence-electron chi connectivity index (χ1n) is 8.08. The summed E-state index contributed by atoms with van der Waals surface area (Å²) in [7, 11) is 1.95. The number of aromatic nitrogens is 5. The van der Waals surface area contributed by atoms with Crippen LogP contribution in [-0.4, -0.2) is 25.0 Å². The molecule has 5 nitrogen and oxygen atoms in total. The van der Waals surface area contributed by atoms with Crippen molar-refractivity contribution in [2.75, 3.05) is 0 Å². The minimum Gasteiger partial charge on any atom is -0.278 e. The Morgan fingerprint density at radius 1 is 1.09 bits per heavy atom. The standard InChI is InChI=1S/C18H17N5/c1-23-10-11(8-20-23)18-13-5-3-2-4-12(13)17-14-9-19-22-15(14)6-7-16(17)21-18/h6-10H,2-5H2,1H3,(H,19,22). The molecule has 0 saturated heterocycles. The lowest BCUT2D eigenvalue weighted by Crippen LogP contribution is -2.07. The van der Waals surface area contributed by atoms with Gasteiger partial charge in [-0.15, -0.1) is 0 Å². The van der Waals surface area contributed by atoms with Crippen LogP contribution >= 0.6 is 0 Å². The Morgan fingerprint density at radius 2 is 1.96 bits per heavy atom. The lowest BCUT2D eigenvalue weighted by molar-refractivity contribution is 0.689. The van der Waals surface area contributed by atoms with Crippen molar-refractivity contribution in [2.45, 2.75) is 25.7 Å². The van der Waals surface area contributed by atoms with Gasteiger partial charge in [-0.2, -0.15) is 10.2 Å².